The Morgan fingerprint density at radius 2 is 1.90 bits per heavy atom. The van der Waals surface area contributed by atoms with E-state index in [0.29, 0.717) is 5.92 Å². The molecule has 4 heteroatoms. The number of nitrogens with one attached hydrogen (secondary N) is 1. The van der Waals surface area contributed by atoms with Crippen LogP contribution in [0, 0.1) is 17.8 Å². The number of aromatic amines is 1. The van der Waals surface area contributed by atoms with Gasteiger partial charge in [0.05, 0.1) is 16.6 Å². The minimum atomic E-state index is 0.706. The summed E-state index contributed by atoms with van der Waals surface area (Å²) in [7, 11) is 0. The molecule has 2 bridgehead atoms. The maximum Gasteiger partial charge on any atom is 0.107 e. The van der Waals surface area contributed by atoms with Crippen molar-refractivity contribution >= 4 is 33.5 Å². The van der Waals surface area contributed by atoms with Crippen molar-refractivity contribution in [3.05, 3.63) is 71.1 Å². The highest BCUT2D eigenvalue weighted by molar-refractivity contribution is 6.31. The minimum Gasteiger partial charge on any atom is -0.342 e. The molecule has 146 valence electrons. The van der Waals surface area contributed by atoms with Crippen molar-refractivity contribution in [2.24, 2.45) is 17.8 Å². The molecule has 2 heterocycles. The fourth-order valence-corrected chi connectivity index (χ4v) is 6.22. The maximum atomic E-state index is 6.10. The van der Waals surface area contributed by atoms with Crippen molar-refractivity contribution in [3.63, 3.8) is 0 Å². The molecule has 4 atom stereocenters. The number of aromatic nitrogens is 3. The zero-order valence-corrected chi connectivity index (χ0v) is 17.1. The van der Waals surface area contributed by atoms with Crippen LogP contribution in [-0.4, -0.2) is 15.0 Å². The lowest BCUT2D eigenvalue weighted by atomic mass is 9.76. The molecule has 6 rings (SSSR count). The summed E-state index contributed by atoms with van der Waals surface area (Å²) < 4.78 is 0. The molecule has 2 aromatic heterocycles. The van der Waals surface area contributed by atoms with E-state index in [1.54, 1.807) is 0 Å². The van der Waals surface area contributed by atoms with Gasteiger partial charge in [-0.3, -0.25) is 4.98 Å². The van der Waals surface area contributed by atoms with Gasteiger partial charge in [0, 0.05) is 23.0 Å². The minimum absolute atomic E-state index is 0.706. The van der Waals surface area contributed by atoms with Gasteiger partial charge in [-0.1, -0.05) is 29.8 Å². The van der Waals surface area contributed by atoms with Crippen LogP contribution in [0.15, 0.2) is 54.7 Å². The first-order valence-electron chi connectivity index (χ1n) is 10.7. The summed E-state index contributed by atoms with van der Waals surface area (Å²) in [5.74, 6) is 4.32. The van der Waals surface area contributed by atoms with Crippen molar-refractivity contribution < 1.29 is 0 Å². The molecule has 1 N–H and O–H groups in total. The fraction of sp³-hybridized carbons (Fsp3) is 0.360. The number of aryl methyl sites for hydroxylation is 1. The average molecular weight is 402 g/mol. The molecule has 2 fully saturated rings. The van der Waals surface area contributed by atoms with Crippen LogP contribution < -0.4 is 0 Å². The Morgan fingerprint density at radius 3 is 2.79 bits per heavy atom. The number of fused-ring (bicyclic) bond motifs is 4. The normalized spacial score (nSPS) is 26.0. The summed E-state index contributed by atoms with van der Waals surface area (Å²) in [4.78, 5) is 12.8. The quantitative estimate of drug-likeness (QED) is 0.422. The summed E-state index contributed by atoms with van der Waals surface area (Å²) in [6.45, 7) is 0. The Hall–Kier alpha value is -2.39. The molecule has 4 aromatic rings. The smallest absolute Gasteiger partial charge is 0.107 e. The van der Waals surface area contributed by atoms with E-state index in [1.165, 1.54) is 36.6 Å². The van der Waals surface area contributed by atoms with Gasteiger partial charge >= 0.3 is 0 Å². The molecule has 0 radical (unpaired) electrons. The molecule has 2 saturated carbocycles. The van der Waals surface area contributed by atoms with Crippen molar-refractivity contribution in [2.75, 3.05) is 0 Å². The van der Waals surface area contributed by atoms with Crippen LogP contribution in [-0.2, 0) is 6.42 Å². The first kappa shape index (κ1) is 17.5. The molecule has 0 aliphatic heterocycles. The molecule has 0 saturated heterocycles. The second-order valence-electron chi connectivity index (χ2n) is 8.89. The van der Waals surface area contributed by atoms with Crippen LogP contribution in [0.25, 0.3) is 21.9 Å². The van der Waals surface area contributed by atoms with Gasteiger partial charge in [0.2, 0.25) is 0 Å². The third kappa shape index (κ3) is 3.03. The molecule has 2 aromatic carbocycles. The van der Waals surface area contributed by atoms with E-state index < -0.39 is 0 Å². The predicted molar refractivity (Wildman–Crippen MR) is 118 cm³/mol. The number of H-pyrrole nitrogens is 1. The summed E-state index contributed by atoms with van der Waals surface area (Å²) in [5, 5.41) is 2.11. The van der Waals surface area contributed by atoms with Gasteiger partial charge in [-0.15, -0.1) is 0 Å². The Labute approximate surface area is 175 Å². The number of pyridine rings is 1. The average Bonchev–Trinajstić information content (AvgIpc) is 3.45. The number of hydrogen-bond donors (Lipinski definition) is 1. The topological polar surface area (TPSA) is 41.6 Å². The first-order chi connectivity index (χ1) is 14.2. The standard InChI is InChI=1S/C25H24ClN3/c26-18-6-7-23-24(14-18)29-25(28-23)8-5-15-11-17-12-16(15)13-21(17)19-9-10-27-22-4-2-1-3-20(19)22/h1-4,6-7,9-10,14-17,21H,5,8,11-13H2,(H,28,29). The van der Waals surface area contributed by atoms with Gasteiger partial charge in [-0.05, 0) is 85.3 Å². The Kier molecular flexibility index (Phi) is 4.12. The van der Waals surface area contributed by atoms with E-state index in [0.717, 1.165) is 51.6 Å². The zero-order valence-electron chi connectivity index (χ0n) is 16.3. The van der Waals surface area contributed by atoms with Crippen LogP contribution in [0.1, 0.15) is 43.0 Å². The van der Waals surface area contributed by atoms with Gasteiger partial charge in [0.15, 0.2) is 0 Å². The summed E-state index contributed by atoms with van der Waals surface area (Å²) in [5.41, 5.74) is 4.72. The number of rotatable bonds is 4. The zero-order chi connectivity index (χ0) is 19.4. The van der Waals surface area contributed by atoms with Crippen molar-refractivity contribution in [3.8, 4) is 0 Å². The SMILES string of the molecule is Clc1ccc2nc(CCC3CC4CC3CC4c3ccnc4ccccc34)[nH]c2c1. The van der Waals surface area contributed by atoms with E-state index in [4.69, 9.17) is 16.6 Å². The Morgan fingerprint density at radius 1 is 0.966 bits per heavy atom. The number of benzene rings is 2. The molecule has 0 spiro atoms. The number of nitrogens with zero attached hydrogens (tertiary/aromatic N) is 2. The van der Waals surface area contributed by atoms with Crippen LogP contribution in [0.3, 0.4) is 0 Å². The highest BCUT2D eigenvalue weighted by Crippen LogP contribution is 2.57. The lowest BCUT2D eigenvalue weighted by Gasteiger charge is -2.29. The Bertz CT molecular complexity index is 1190. The van der Waals surface area contributed by atoms with E-state index in [2.05, 4.69) is 40.3 Å². The van der Waals surface area contributed by atoms with Crippen LogP contribution in [0.4, 0.5) is 0 Å². The van der Waals surface area contributed by atoms with E-state index >= 15 is 0 Å². The second-order valence-corrected chi connectivity index (χ2v) is 9.33. The molecular formula is C25H24ClN3. The predicted octanol–water partition coefficient (Wildman–Crippen LogP) is 6.53. The van der Waals surface area contributed by atoms with Crippen LogP contribution in [0.2, 0.25) is 5.02 Å². The van der Waals surface area contributed by atoms with E-state index in [-0.39, 0.29) is 0 Å². The van der Waals surface area contributed by atoms with Crippen molar-refractivity contribution in [2.45, 2.75) is 38.0 Å². The van der Waals surface area contributed by atoms with E-state index in [1.807, 2.05) is 24.4 Å². The summed E-state index contributed by atoms with van der Waals surface area (Å²) >= 11 is 6.10. The van der Waals surface area contributed by atoms with Crippen LogP contribution in [0.5, 0.6) is 0 Å². The highest BCUT2D eigenvalue weighted by Gasteiger charge is 2.46. The monoisotopic (exact) mass is 401 g/mol. The second kappa shape index (κ2) is 6.84. The van der Waals surface area contributed by atoms with Gasteiger partial charge in [-0.2, -0.15) is 0 Å². The molecule has 3 nitrogen and oxygen atoms in total. The van der Waals surface area contributed by atoms with Gasteiger partial charge in [-0.25, -0.2) is 4.98 Å². The summed E-state index contributed by atoms with van der Waals surface area (Å²) in [6, 6.07) is 16.7. The largest absolute Gasteiger partial charge is 0.342 e. The Balaban J connectivity index is 1.16. The van der Waals surface area contributed by atoms with Gasteiger partial charge in [0.25, 0.3) is 0 Å². The number of para-hydroxylation sites is 1. The summed E-state index contributed by atoms with van der Waals surface area (Å²) in [6.07, 6.45) is 8.34. The highest BCUT2D eigenvalue weighted by atomic mass is 35.5. The van der Waals surface area contributed by atoms with Crippen molar-refractivity contribution in [1.29, 1.82) is 0 Å². The lowest BCUT2D eigenvalue weighted by molar-refractivity contribution is 0.289. The lowest BCUT2D eigenvalue weighted by Crippen LogP contribution is -2.17. The molecule has 2 aliphatic carbocycles. The van der Waals surface area contributed by atoms with Gasteiger partial charge in [0.1, 0.15) is 5.82 Å². The number of hydrogen-bond acceptors (Lipinski definition) is 2. The van der Waals surface area contributed by atoms with Gasteiger partial charge < -0.3 is 4.98 Å². The molecule has 2 aliphatic rings. The van der Waals surface area contributed by atoms with Crippen LogP contribution >= 0.6 is 11.6 Å². The maximum absolute atomic E-state index is 6.10. The molecule has 4 unspecified atom stereocenters. The molecule has 0 amide bonds. The van der Waals surface area contributed by atoms with Crippen molar-refractivity contribution in [1.82, 2.24) is 15.0 Å². The third-order valence-corrected chi connectivity index (χ3v) is 7.57. The number of imidazole rings is 1. The molecule has 29 heavy (non-hydrogen) atoms. The fourth-order valence-electron chi connectivity index (χ4n) is 6.05. The first-order valence-corrected chi connectivity index (χ1v) is 11.1. The number of halogens is 1. The third-order valence-electron chi connectivity index (χ3n) is 7.33. The van der Waals surface area contributed by atoms with E-state index in [9.17, 15) is 0 Å². The molecular weight excluding hydrogens is 378 g/mol.